The summed E-state index contributed by atoms with van der Waals surface area (Å²) in [4.78, 5) is 14.7. The Morgan fingerprint density at radius 2 is 2.04 bits per heavy atom. The van der Waals surface area contributed by atoms with Gasteiger partial charge in [0.2, 0.25) is 11.0 Å². The molecule has 1 atom stereocenters. The number of hydrogen-bond donors (Lipinski definition) is 1. The van der Waals surface area contributed by atoms with Crippen LogP contribution in [0.15, 0.2) is 28.6 Å². The number of thioether (sulfide) groups is 1. The second-order valence-electron chi connectivity index (χ2n) is 5.84. The van der Waals surface area contributed by atoms with Crippen LogP contribution in [-0.2, 0) is 11.2 Å². The van der Waals surface area contributed by atoms with E-state index in [1.807, 2.05) is 18.2 Å². The molecule has 2 aliphatic rings. The average molecular weight is 346 g/mol. The molecule has 1 aromatic heterocycles. The molecule has 3 heterocycles. The molecule has 4 rings (SSSR count). The van der Waals surface area contributed by atoms with E-state index < -0.39 is 0 Å². The third-order valence-electron chi connectivity index (χ3n) is 4.26. The van der Waals surface area contributed by atoms with Crippen LogP contribution in [0.25, 0.3) is 0 Å². The van der Waals surface area contributed by atoms with Crippen LogP contribution in [0.3, 0.4) is 0 Å². The van der Waals surface area contributed by atoms with E-state index in [4.69, 9.17) is 0 Å². The lowest BCUT2D eigenvalue weighted by molar-refractivity contribution is -0.115. The number of benzene rings is 1. The normalized spacial score (nSPS) is 21.0. The second kappa shape index (κ2) is 6.49. The first-order valence-corrected chi connectivity index (χ1v) is 9.63. The molecule has 0 radical (unpaired) electrons. The SMILES string of the molecule is O=C1Nc2ccccc2CCC1Sc1nnc(N2CCCC2)s1. The molecule has 2 aliphatic heterocycles. The standard InChI is InChI=1S/C16H18N4OS2/c21-14-13(8-7-11-5-1-2-6-12(11)17-14)22-16-19-18-15(23-16)20-9-3-4-10-20/h1-2,5-6,13H,3-4,7-10H2,(H,17,21). The van der Waals surface area contributed by atoms with Crippen LogP contribution < -0.4 is 10.2 Å². The number of hydrogen-bond acceptors (Lipinski definition) is 6. The summed E-state index contributed by atoms with van der Waals surface area (Å²) in [6.45, 7) is 2.14. The van der Waals surface area contributed by atoms with Gasteiger partial charge < -0.3 is 10.2 Å². The van der Waals surface area contributed by atoms with Gasteiger partial charge in [0, 0.05) is 18.8 Å². The second-order valence-corrected chi connectivity index (χ2v) is 8.24. The quantitative estimate of drug-likeness (QED) is 0.925. The Bertz CT molecular complexity index is 712. The number of aryl methyl sites for hydroxylation is 1. The van der Waals surface area contributed by atoms with Gasteiger partial charge in [-0.1, -0.05) is 41.3 Å². The molecule has 5 nitrogen and oxygen atoms in total. The van der Waals surface area contributed by atoms with Crippen LogP contribution in [0.4, 0.5) is 10.8 Å². The van der Waals surface area contributed by atoms with Crippen molar-refractivity contribution in [3.05, 3.63) is 29.8 Å². The molecule has 0 saturated carbocycles. The first-order chi connectivity index (χ1) is 11.3. The number of rotatable bonds is 3. The minimum Gasteiger partial charge on any atom is -0.347 e. The van der Waals surface area contributed by atoms with Gasteiger partial charge in [-0.15, -0.1) is 10.2 Å². The molecule has 2 aromatic rings. The van der Waals surface area contributed by atoms with E-state index in [1.165, 1.54) is 18.4 Å². The van der Waals surface area contributed by atoms with Crippen molar-refractivity contribution < 1.29 is 4.79 Å². The van der Waals surface area contributed by atoms with Gasteiger partial charge in [0.25, 0.3) is 0 Å². The largest absolute Gasteiger partial charge is 0.347 e. The minimum absolute atomic E-state index is 0.0675. The first kappa shape index (κ1) is 15.0. The van der Waals surface area contributed by atoms with Crippen molar-refractivity contribution in [2.24, 2.45) is 0 Å². The Morgan fingerprint density at radius 3 is 2.91 bits per heavy atom. The minimum atomic E-state index is -0.109. The maximum atomic E-state index is 12.5. The molecule has 1 amide bonds. The molecule has 120 valence electrons. The highest BCUT2D eigenvalue weighted by Crippen LogP contribution is 2.35. The maximum Gasteiger partial charge on any atom is 0.237 e. The van der Waals surface area contributed by atoms with Gasteiger partial charge in [0.1, 0.15) is 0 Å². The van der Waals surface area contributed by atoms with E-state index in [0.29, 0.717) is 0 Å². The maximum absolute atomic E-state index is 12.5. The zero-order valence-corrected chi connectivity index (χ0v) is 14.3. The predicted molar refractivity (Wildman–Crippen MR) is 94.4 cm³/mol. The summed E-state index contributed by atoms with van der Waals surface area (Å²) in [6, 6.07) is 8.03. The Morgan fingerprint density at radius 1 is 1.22 bits per heavy atom. The van der Waals surface area contributed by atoms with Gasteiger partial charge in [0.15, 0.2) is 4.34 Å². The Balaban J connectivity index is 1.46. The zero-order chi connectivity index (χ0) is 15.6. The van der Waals surface area contributed by atoms with Crippen molar-refractivity contribution in [1.29, 1.82) is 0 Å². The first-order valence-electron chi connectivity index (χ1n) is 7.93. The smallest absolute Gasteiger partial charge is 0.237 e. The van der Waals surface area contributed by atoms with Gasteiger partial charge in [-0.25, -0.2) is 0 Å². The van der Waals surface area contributed by atoms with Gasteiger partial charge in [0.05, 0.1) is 5.25 Å². The van der Waals surface area contributed by atoms with Gasteiger partial charge in [-0.3, -0.25) is 4.79 Å². The third kappa shape index (κ3) is 3.21. The fraction of sp³-hybridized carbons (Fsp3) is 0.438. The molecular formula is C16H18N4OS2. The molecule has 0 spiro atoms. The number of carbonyl (C=O) groups excluding carboxylic acids is 1. The molecule has 7 heteroatoms. The number of fused-ring (bicyclic) bond motifs is 1. The van der Waals surface area contributed by atoms with Crippen LogP contribution in [0.1, 0.15) is 24.8 Å². The van der Waals surface area contributed by atoms with Crippen LogP contribution in [-0.4, -0.2) is 34.4 Å². The van der Waals surface area contributed by atoms with Crippen molar-refractivity contribution in [2.45, 2.75) is 35.3 Å². The van der Waals surface area contributed by atoms with Crippen molar-refractivity contribution in [3.8, 4) is 0 Å². The summed E-state index contributed by atoms with van der Waals surface area (Å²) < 4.78 is 0.887. The van der Waals surface area contributed by atoms with E-state index in [1.54, 1.807) is 23.1 Å². The summed E-state index contributed by atoms with van der Waals surface area (Å²) in [5.41, 5.74) is 2.15. The summed E-state index contributed by atoms with van der Waals surface area (Å²) in [6.07, 6.45) is 4.19. The molecule has 1 saturated heterocycles. The van der Waals surface area contributed by atoms with Crippen molar-refractivity contribution in [1.82, 2.24) is 10.2 Å². The van der Waals surface area contributed by atoms with E-state index in [2.05, 4.69) is 26.5 Å². The van der Waals surface area contributed by atoms with Crippen molar-refractivity contribution >= 4 is 39.8 Å². The lowest BCUT2D eigenvalue weighted by Crippen LogP contribution is -2.23. The number of nitrogens with zero attached hydrogens (tertiary/aromatic N) is 3. The Hall–Kier alpha value is -1.60. The zero-order valence-electron chi connectivity index (χ0n) is 12.7. The summed E-state index contributed by atoms with van der Waals surface area (Å²) in [7, 11) is 0. The monoisotopic (exact) mass is 346 g/mol. The lowest BCUT2D eigenvalue weighted by Gasteiger charge is -2.11. The van der Waals surface area contributed by atoms with Crippen LogP contribution in [0.2, 0.25) is 0 Å². The van der Waals surface area contributed by atoms with Crippen LogP contribution in [0, 0.1) is 0 Å². The molecule has 1 N–H and O–H groups in total. The third-order valence-corrected chi connectivity index (χ3v) is 6.59. The molecule has 1 unspecified atom stereocenters. The Kier molecular flexibility index (Phi) is 4.22. The van der Waals surface area contributed by atoms with E-state index in [-0.39, 0.29) is 11.2 Å². The van der Waals surface area contributed by atoms with E-state index in [0.717, 1.165) is 41.1 Å². The number of amides is 1. The van der Waals surface area contributed by atoms with E-state index >= 15 is 0 Å². The molecule has 23 heavy (non-hydrogen) atoms. The van der Waals surface area contributed by atoms with E-state index in [9.17, 15) is 4.79 Å². The summed E-state index contributed by atoms with van der Waals surface area (Å²) >= 11 is 3.15. The van der Waals surface area contributed by atoms with Crippen molar-refractivity contribution in [2.75, 3.05) is 23.3 Å². The number of anilines is 2. The highest BCUT2D eigenvalue weighted by molar-refractivity contribution is 8.02. The predicted octanol–water partition coefficient (Wildman–Crippen LogP) is 3.18. The average Bonchev–Trinajstić information content (AvgIpc) is 3.21. The lowest BCUT2D eigenvalue weighted by atomic mass is 10.1. The Labute approximate surface area is 143 Å². The highest BCUT2D eigenvalue weighted by Gasteiger charge is 2.26. The number of para-hydroxylation sites is 1. The fourth-order valence-electron chi connectivity index (χ4n) is 3.01. The summed E-state index contributed by atoms with van der Waals surface area (Å²) in [5, 5.41) is 12.5. The highest BCUT2D eigenvalue weighted by atomic mass is 32.2. The molecule has 0 aliphatic carbocycles. The summed E-state index contributed by atoms with van der Waals surface area (Å²) in [5.74, 6) is 0.0675. The number of nitrogens with one attached hydrogen (secondary N) is 1. The molecular weight excluding hydrogens is 328 g/mol. The van der Waals surface area contributed by atoms with Gasteiger partial charge >= 0.3 is 0 Å². The molecule has 1 aromatic carbocycles. The van der Waals surface area contributed by atoms with Gasteiger partial charge in [-0.2, -0.15) is 0 Å². The number of carbonyl (C=O) groups is 1. The fourth-order valence-corrected chi connectivity index (χ4v) is 5.14. The van der Waals surface area contributed by atoms with Gasteiger partial charge in [-0.05, 0) is 37.3 Å². The van der Waals surface area contributed by atoms with Crippen molar-refractivity contribution in [3.63, 3.8) is 0 Å². The van der Waals surface area contributed by atoms with Crippen LogP contribution >= 0.6 is 23.1 Å². The number of aromatic nitrogens is 2. The molecule has 0 bridgehead atoms. The molecule has 1 fully saturated rings. The topological polar surface area (TPSA) is 58.1 Å². The van der Waals surface area contributed by atoms with Crippen LogP contribution in [0.5, 0.6) is 0 Å².